The van der Waals surface area contributed by atoms with Crippen molar-refractivity contribution in [3.8, 4) is 0 Å². The second kappa shape index (κ2) is 6.99. The Labute approximate surface area is 151 Å². The minimum atomic E-state index is -1.97. The van der Waals surface area contributed by atoms with E-state index >= 15 is 0 Å². The normalized spacial score (nSPS) is 12.2. The third-order valence-electron chi connectivity index (χ3n) is 3.69. The third-order valence-corrected chi connectivity index (χ3v) is 5.03. The van der Waals surface area contributed by atoms with Gasteiger partial charge in [-0.2, -0.15) is 0 Å². The fraction of sp³-hybridized carbons (Fsp3) is 0.0588. The van der Waals surface area contributed by atoms with E-state index in [0.717, 1.165) is 10.5 Å². The Hall–Kier alpha value is -1.79. The highest BCUT2D eigenvalue weighted by Gasteiger charge is 2.09. The molecule has 4 rings (SSSR count). The summed E-state index contributed by atoms with van der Waals surface area (Å²) in [4.78, 5) is 6.34. The van der Waals surface area contributed by atoms with E-state index in [1.165, 1.54) is 17.1 Å². The number of aryl methyl sites for hydroxylation is 1. The quantitative estimate of drug-likeness (QED) is 0.380. The average Bonchev–Trinajstić information content (AvgIpc) is 3.14. The van der Waals surface area contributed by atoms with Gasteiger partial charge in [0.1, 0.15) is 0 Å². The second-order valence-electron chi connectivity index (χ2n) is 5.20. The molecule has 4 nitrogen and oxygen atoms in total. The number of aromatic nitrogens is 2. The molecule has 0 saturated heterocycles. The van der Waals surface area contributed by atoms with Gasteiger partial charge in [0.15, 0.2) is 11.1 Å². The van der Waals surface area contributed by atoms with Crippen LogP contribution >= 0.6 is 23.2 Å². The van der Waals surface area contributed by atoms with E-state index in [9.17, 15) is 4.21 Å². The summed E-state index contributed by atoms with van der Waals surface area (Å²) in [5.74, 6) is 0. The highest BCUT2D eigenvalue weighted by Crippen LogP contribution is 2.26. The number of benzene rings is 2. The van der Waals surface area contributed by atoms with Crippen LogP contribution in [0.3, 0.4) is 0 Å². The van der Waals surface area contributed by atoms with E-state index in [-0.39, 0.29) is 0 Å². The van der Waals surface area contributed by atoms with Crippen molar-refractivity contribution in [2.24, 2.45) is 0 Å². The van der Waals surface area contributed by atoms with Crippen molar-refractivity contribution in [2.75, 3.05) is 0 Å². The lowest BCUT2D eigenvalue weighted by Crippen LogP contribution is -1.84. The van der Waals surface area contributed by atoms with Crippen LogP contribution in [0.1, 0.15) is 5.56 Å². The SMILES string of the molecule is Cc1c[nH]c2c(Cl)cccc12.O=S(O)c1c[nH]c2c(Cl)cccc12. The van der Waals surface area contributed by atoms with Crippen LogP contribution in [0.15, 0.2) is 53.7 Å². The van der Waals surface area contributed by atoms with Crippen molar-refractivity contribution in [2.45, 2.75) is 11.8 Å². The van der Waals surface area contributed by atoms with Gasteiger partial charge in [-0.3, -0.25) is 0 Å². The molecule has 2 aromatic heterocycles. The first-order chi connectivity index (χ1) is 11.5. The van der Waals surface area contributed by atoms with Gasteiger partial charge in [-0.15, -0.1) is 0 Å². The third kappa shape index (κ3) is 3.21. The number of para-hydroxylation sites is 2. The van der Waals surface area contributed by atoms with E-state index in [0.29, 0.717) is 20.8 Å². The largest absolute Gasteiger partial charge is 0.360 e. The van der Waals surface area contributed by atoms with Gasteiger partial charge in [0.2, 0.25) is 0 Å². The zero-order valence-corrected chi connectivity index (χ0v) is 15.0. The van der Waals surface area contributed by atoms with E-state index < -0.39 is 11.1 Å². The van der Waals surface area contributed by atoms with Gasteiger partial charge >= 0.3 is 0 Å². The number of nitrogens with one attached hydrogen (secondary N) is 2. The molecule has 0 aliphatic rings. The molecule has 0 bridgehead atoms. The summed E-state index contributed by atoms with van der Waals surface area (Å²) < 4.78 is 19.7. The van der Waals surface area contributed by atoms with Crippen LogP contribution in [0.5, 0.6) is 0 Å². The van der Waals surface area contributed by atoms with Crippen molar-refractivity contribution >= 4 is 56.1 Å². The molecule has 7 heteroatoms. The molecule has 0 saturated carbocycles. The number of fused-ring (bicyclic) bond motifs is 2. The summed E-state index contributed by atoms with van der Waals surface area (Å²) >= 11 is 9.83. The number of halogens is 2. The number of hydrogen-bond acceptors (Lipinski definition) is 1. The van der Waals surface area contributed by atoms with Gasteiger partial charge in [-0.25, -0.2) is 4.21 Å². The zero-order chi connectivity index (χ0) is 17.3. The van der Waals surface area contributed by atoms with Crippen LogP contribution in [0.2, 0.25) is 10.0 Å². The predicted molar refractivity (Wildman–Crippen MR) is 100 cm³/mol. The van der Waals surface area contributed by atoms with Gasteiger partial charge in [0.05, 0.1) is 26.0 Å². The number of hydrogen-bond donors (Lipinski definition) is 3. The summed E-state index contributed by atoms with van der Waals surface area (Å²) in [5.41, 5.74) is 2.97. The second-order valence-corrected chi connectivity index (χ2v) is 6.95. The summed E-state index contributed by atoms with van der Waals surface area (Å²) in [7, 11) is 0. The zero-order valence-electron chi connectivity index (χ0n) is 12.6. The first-order valence-corrected chi connectivity index (χ1v) is 8.94. The Bertz CT molecular complexity index is 1040. The smallest absolute Gasteiger partial charge is 0.188 e. The maximum Gasteiger partial charge on any atom is 0.188 e. The molecule has 0 amide bonds. The highest BCUT2D eigenvalue weighted by atomic mass is 35.5. The van der Waals surface area contributed by atoms with Crippen LogP contribution in [0.25, 0.3) is 21.8 Å². The van der Waals surface area contributed by atoms with Crippen LogP contribution in [0.4, 0.5) is 0 Å². The van der Waals surface area contributed by atoms with E-state index in [4.69, 9.17) is 27.8 Å². The lowest BCUT2D eigenvalue weighted by molar-refractivity contribution is 0.565. The first kappa shape index (κ1) is 17.0. The molecular weight excluding hydrogens is 367 g/mol. The van der Waals surface area contributed by atoms with Crippen LogP contribution in [0, 0.1) is 6.92 Å². The van der Waals surface area contributed by atoms with Gasteiger partial charge < -0.3 is 14.5 Å². The first-order valence-electron chi connectivity index (χ1n) is 7.07. The standard InChI is InChI=1S/C9H8ClN.C8H6ClNO2S/c1-6-5-11-9-7(6)3-2-4-8(9)10;9-6-3-1-2-5-7(13(11)12)4-10-8(5)6/h2-5,11H,1H3;1-4,10H,(H,11,12). The molecule has 124 valence electrons. The number of rotatable bonds is 1. The topological polar surface area (TPSA) is 68.9 Å². The minimum absolute atomic E-state index is 0.359. The molecule has 24 heavy (non-hydrogen) atoms. The van der Waals surface area contributed by atoms with Crippen molar-refractivity contribution in [1.82, 2.24) is 9.97 Å². The van der Waals surface area contributed by atoms with E-state index in [1.54, 1.807) is 18.2 Å². The van der Waals surface area contributed by atoms with Crippen molar-refractivity contribution in [1.29, 1.82) is 0 Å². The Morgan fingerprint density at radius 2 is 1.46 bits per heavy atom. The molecule has 0 spiro atoms. The van der Waals surface area contributed by atoms with Crippen molar-refractivity contribution in [3.05, 3.63) is 64.4 Å². The fourth-order valence-electron chi connectivity index (χ4n) is 2.49. The summed E-state index contributed by atoms with van der Waals surface area (Å²) in [5, 5.41) is 3.23. The molecule has 2 aromatic carbocycles. The summed E-state index contributed by atoms with van der Waals surface area (Å²) in [6.45, 7) is 2.06. The Morgan fingerprint density at radius 1 is 0.917 bits per heavy atom. The Balaban J connectivity index is 0.000000143. The van der Waals surface area contributed by atoms with Crippen LogP contribution < -0.4 is 0 Å². The van der Waals surface area contributed by atoms with E-state index in [2.05, 4.69) is 23.0 Å². The van der Waals surface area contributed by atoms with Gasteiger partial charge in [-0.1, -0.05) is 47.5 Å². The Kier molecular flexibility index (Phi) is 4.96. The minimum Gasteiger partial charge on any atom is -0.360 e. The monoisotopic (exact) mass is 380 g/mol. The average molecular weight is 381 g/mol. The highest BCUT2D eigenvalue weighted by molar-refractivity contribution is 7.79. The maximum absolute atomic E-state index is 10.8. The molecule has 1 unspecified atom stereocenters. The maximum atomic E-state index is 10.8. The molecule has 0 aliphatic carbocycles. The predicted octanol–water partition coefficient (Wildman–Crippen LogP) is 5.53. The summed E-state index contributed by atoms with van der Waals surface area (Å²) in [6.07, 6.45) is 3.46. The Morgan fingerprint density at radius 3 is 2.04 bits per heavy atom. The molecule has 0 fully saturated rings. The van der Waals surface area contributed by atoms with Gasteiger partial charge in [0.25, 0.3) is 0 Å². The molecule has 1 atom stereocenters. The number of aromatic amines is 2. The molecule has 0 radical (unpaired) electrons. The number of H-pyrrole nitrogens is 2. The molecule has 4 aromatic rings. The molecule has 0 aliphatic heterocycles. The van der Waals surface area contributed by atoms with E-state index in [1.807, 2.05) is 18.3 Å². The van der Waals surface area contributed by atoms with Crippen molar-refractivity contribution in [3.63, 3.8) is 0 Å². The van der Waals surface area contributed by atoms with Crippen molar-refractivity contribution < 1.29 is 8.76 Å². The fourth-order valence-corrected chi connectivity index (χ4v) is 3.47. The lowest BCUT2D eigenvalue weighted by atomic mass is 10.2. The van der Waals surface area contributed by atoms with Crippen LogP contribution in [-0.4, -0.2) is 18.7 Å². The lowest BCUT2D eigenvalue weighted by Gasteiger charge is -1.93. The van der Waals surface area contributed by atoms with Crippen LogP contribution in [-0.2, 0) is 11.1 Å². The van der Waals surface area contributed by atoms with Gasteiger partial charge in [0, 0.05) is 23.2 Å². The molecule has 3 N–H and O–H groups in total. The molecule has 2 heterocycles. The molecular formula is C17H14Cl2N2O2S. The van der Waals surface area contributed by atoms with Gasteiger partial charge in [-0.05, 0) is 24.6 Å². The summed E-state index contributed by atoms with van der Waals surface area (Å²) in [6, 6.07) is 11.1.